The zero-order valence-electron chi connectivity index (χ0n) is 19.5. The van der Waals surface area contributed by atoms with E-state index in [4.69, 9.17) is 15.2 Å². The van der Waals surface area contributed by atoms with Crippen molar-refractivity contribution in [2.45, 2.75) is 44.8 Å². The molecule has 2 unspecified atom stereocenters. The summed E-state index contributed by atoms with van der Waals surface area (Å²) in [5.41, 5.74) is 5.60. The number of nitrogens with two attached hydrogens (primary N) is 1. The first-order chi connectivity index (χ1) is 16.2. The molecule has 34 heavy (non-hydrogen) atoms. The van der Waals surface area contributed by atoms with Gasteiger partial charge in [-0.25, -0.2) is 0 Å². The highest BCUT2D eigenvalue weighted by Crippen LogP contribution is 2.18. The van der Waals surface area contributed by atoms with E-state index in [0.717, 1.165) is 12.0 Å². The molecule has 0 aliphatic carbocycles. The number of likely N-dealkylation sites (tertiary alicyclic amines) is 1. The van der Waals surface area contributed by atoms with Gasteiger partial charge in [-0.1, -0.05) is 12.1 Å². The summed E-state index contributed by atoms with van der Waals surface area (Å²) < 4.78 is 10.9. The van der Waals surface area contributed by atoms with Crippen LogP contribution in [0, 0.1) is 0 Å². The van der Waals surface area contributed by atoms with Crippen molar-refractivity contribution in [2.24, 2.45) is 5.73 Å². The molecule has 1 aliphatic rings. The van der Waals surface area contributed by atoms with Crippen LogP contribution in [0.4, 0.5) is 0 Å². The highest BCUT2D eigenvalue weighted by atomic mass is 16.5. The molecule has 2 atom stereocenters. The van der Waals surface area contributed by atoms with Crippen molar-refractivity contribution in [1.29, 1.82) is 0 Å². The lowest BCUT2D eigenvalue weighted by Gasteiger charge is -2.24. The van der Waals surface area contributed by atoms with Crippen LogP contribution in [-0.2, 0) is 35.1 Å². The second kappa shape index (κ2) is 13.3. The van der Waals surface area contributed by atoms with Crippen molar-refractivity contribution < 1.29 is 33.4 Å². The van der Waals surface area contributed by atoms with Gasteiger partial charge in [0.1, 0.15) is 11.8 Å². The van der Waals surface area contributed by atoms with E-state index in [1.165, 1.54) is 4.90 Å². The Balaban J connectivity index is 1.80. The fourth-order valence-electron chi connectivity index (χ4n) is 3.44. The summed E-state index contributed by atoms with van der Waals surface area (Å²) in [6.45, 7) is 2.02. The fraction of sp³-hybridized carbons (Fsp3) is 0.522. The molecule has 4 amide bonds. The number of benzene rings is 1. The first kappa shape index (κ1) is 26.8. The molecule has 1 saturated heterocycles. The number of amides is 4. The van der Waals surface area contributed by atoms with Gasteiger partial charge in [-0.05, 0) is 37.5 Å². The SMILES string of the molecule is COC(C)CCOc1cccc(CC(=O)NCC(=O)N2CCCC2C(=O)NCC(=O)C(N)=O)c1. The van der Waals surface area contributed by atoms with Crippen LogP contribution in [0.25, 0.3) is 0 Å². The van der Waals surface area contributed by atoms with Crippen molar-refractivity contribution in [3.63, 3.8) is 0 Å². The number of hydrogen-bond donors (Lipinski definition) is 3. The van der Waals surface area contributed by atoms with Crippen molar-refractivity contribution >= 4 is 29.4 Å². The van der Waals surface area contributed by atoms with Crippen LogP contribution in [0.3, 0.4) is 0 Å². The molecule has 1 heterocycles. The lowest BCUT2D eigenvalue weighted by Crippen LogP contribution is -2.50. The van der Waals surface area contributed by atoms with E-state index in [1.54, 1.807) is 31.4 Å². The minimum Gasteiger partial charge on any atom is -0.493 e. The second-order valence-corrected chi connectivity index (χ2v) is 8.03. The first-order valence-corrected chi connectivity index (χ1v) is 11.1. The van der Waals surface area contributed by atoms with Crippen molar-refractivity contribution in [2.75, 3.05) is 33.4 Å². The predicted molar refractivity (Wildman–Crippen MR) is 122 cm³/mol. The Morgan fingerprint density at radius 1 is 1.18 bits per heavy atom. The van der Waals surface area contributed by atoms with Crippen LogP contribution in [0.2, 0.25) is 0 Å². The highest BCUT2D eigenvalue weighted by molar-refractivity contribution is 6.36. The summed E-state index contributed by atoms with van der Waals surface area (Å²) in [4.78, 5) is 60.7. The number of carbonyl (C=O) groups excluding carboxylic acids is 5. The summed E-state index contributed by atoms with van der Waals surface area (Å²) in [5, 5.41) is 4.91. The standard InChI is InChI=1S/C23H32N4O7/c1-15(33-2)8-10-34-17-6-3-5-16(11-17)12-20(29)25-14-21(30)27-9-4-7-18(27)23(32)26-13-19(28)22(24)31/h3,5-6,11,15,18H,4,7-10,12-14H2,1-2H3,(H2,24,31)(H,25,29)(H,26,32). The molecule has 1 fully saturated rings. The summed E-state index contributed by atoms with van der Waals surface area (Å²) in [7, 11) is 1.64. The van der Waals surface area contributed by atoms with E-state index in [1.807, 2.05) is 6.92 Å². The molecule has 186 valence electrons. The number of nitrogens with one attached hydrogen (secondary N) is 2. The van der Waals surface area contributed by atoms with E-state index in [-0.39, 0.29) is 25.0 Å². The molecule has 0 aromatic heterocycles. The van der Waals surface area contributed by atoms with E-state index in [9.17, 15) is 24.0 Å². The molecule has 2 rings (SSSR count). The monoisotopic (exact) mass is 476 g/mol. The van der Waals surface area contributed by atoms with Crippen LogP contribution in [-0.4, -0.2) is 79.8 Å². The molecule has 0 radical (unpaired) electrons. The molecule has 4 N–H and O–H groups in total. The first-order valence-electron chi connectivity index (χ1n) is 11.1. The van der Waals surface area contributed by atoms with E-state index < -0.39 is 36.1 Å². The summed E-state index contributed by atoms with van der Waals surface area (Å²) in [6.07, 6.45) is 1.92. The Kier molecular flexibility index (Phi) is 10.5. The van der Waals surface area contributed by atoms with Crippen molar-refractivity contribution in [3.8, 4) is 5.75 Å². The van der Waals surface area contributed by atoms with Gasteiger partial charge in [0.15, 0.2) is 0 Å². The number of ether oxygens (including phenoxy) is 2. The van der Waals surface area contributed by atoms with Gasteiger partial charge >= 0.3 is 0 Å². The number of hydrogen-bond acceptors (Lipinski definition) is 7. The number of primary amides is 1. The average molecular weight is 477 g/mol. The van der Waals surface area contributed by atoms with Gasteiger partial charge in [0.05, 0.1) is 32.2 Å². The molecule has 11 nitrogen and oxygen atoms in total. The number of Topliss-reactive ketones (excluding diaryl/α,β-unsaturated/α-hetero) is 1. The molecule has 0 bridgehead atoms. The molecular weight excluding hydrogens is 444 g/mol. The predicted octanol–water partition coefficient (Wildman–Crippen LogP) is -0.689. The quantitative estimate of drug-likeness (QED) is 0.318. The third-order valence-electron chi connectivity index (χ3n) is 5.47. The highest BCUT2D eigenvalue weighted by Gasteiger charge is 2.34. The zero-order valence-corrected chi connectivity index (χ0v) is 19.5. The summed E-state index contributed by atoms with van der Waals surface area (Å²) in [6, 6.07) is 6.39. The average Bonchev–Trinajstić information content (AvgIpc) is 3.31. The maximum Gasteiger partial charge on any atom is 0.286 e. The van der Waals surface area contributed by atoms with Gasteiger partial charge in [-0.2, -0.15) is 0 Å². The van der Waals surface area contributed by atoms with Crippen LogP contribution in [0.5, 0.6) is 5.75 Å². The minimum atomic E-state index is -1.14. The minimum absolute atomic E-state index is 0.0676. The number of carbonyl (C=O) groups is 5. The Morgan fingerprint density at radius 2 is 1.94 bits per heavy atom. The fourth-order valence-corrected chi connectivity index (χ4v) is 3.44. The Bertz CT molecular complexity index is 905. The lowest BCUT2D eigenvalue weighted by atomic mass is 10.1. The van der Waals surface area contributed by atoms with Gasteiger partial charge in [0, 0.05) is 20.1 Å². The second-order valence-electron chi connectivity index (χ2n) is 8.03. The molecule has 0 spiro atoms. The van der Waals surface area contributed by atoms with Crippen LogP contribution in [0.1, 0.15) is 31.7 Å². The Hall–Kier alpha value is -3.47. The third-order valence-corrected chi connectivity index (χ3v) is 5.47. The van der Waals surface area contributed by atoms with Gasteiger partial charge in [-0.15, -0.1) is 0 Å². The smallest absolute Gasteiger partial charge is 0.286 e. The van der Waals surface area contributed by atoms with E-state index in [0.29, 0.717) is 31.7 Å². The molecule has 11 heteroatoms. The Morgan fingerprint density at radius 3 is 2.65 bits per heavy atom. The normalized spacial score (nSPS) is 15.9. The van der Waals surface area contributed by atoms with Crippen LogP contribution in [0.15, 0.2) is 24.3 Å². The number of ketones is 1. The largest absolute Gasteiger partial charge is 0.493 e. The zero-order chi connectivity index (χ0) is 25.1. The van der Waals surface area contributed by atoms with Crippen LogP contribution < -0.4 is 21.1 Å². The lowest BCUT2D eigenvalue weighted by molar-refractivity contribution is -0.139. The van der Waals surface area contributed by atoms with Gasteiger partial charge in [-0.3, -0.25) is 24.0 Å². The maximum atomic E-state index is 12.6. The maximum absolute atomic E-state index is 12.6. The Labute approximate surface area is 198 Å². The third kappa shape index (κ3) is 8.47. The number of nitrogens with zero attached hydrogens (tertiary/aromatic N) is 1. The summed E-state index contributed by atoms with van der Waals surface area (Å²) >= 11 is 0. The van der Waals surface area contributed by atoms with E-state index in [2.05, 4.69) is 10.6 Å². The van der Waals surface area contributed by atoms with Gasteiger partial charge in [0.2, 0.25) is 23.5 Å². The van der Waals surface area contributed by atoms with Crippen molar-refractivity contribution in [3.05, 3.63) is 29.8 Å². The van der Waals surface area contributed by atoms with Gasteiger partial charge in [0.25, 0.3) is 5.91 Å². The summed E-state index contributed by atoms with van der Waals surface area (Å²) in [5.74, 6) is -2.70. The molecule has 0 saturated carbocycles. The molecular formula is C23H32N4O7. The number of rotatable bonds is 13. The van der Waals surface area contributed by atoms with Crippen molar-refractivity contribution in [1.82, 2.24) is 15.5 Å². The topological polar surface area (TPSA) is 157 Å². The van der Waals surface area contributed by atoms with Gasteiger partial charge < -0.3 is 30.7 Å². The molecule has 1 aromatic rings. The number of methoxy groups -OCH3 is 1. The molecule has 1 aliphatic heterocycles. The van der Waals surface area contributed by atoms with Crippen LogP contribution >= 0.6 is 0 Å². The molecule has 1 aromatic carbocycles. The van der Waals surface area contributed by atoms with E-state index >= 15 is 0 Å².